The molecule has 2 N–H and O–H groups in total. The van der Waals surface area contributed by atoms with Crippen molar-refractivity contribution in [2.75, 3.05) is 4.72 Å². The quantitative estimate of drug-likeness (QED) is 0.702. The fraction of sp³-hybridized carbons (Fsp3) is 0.300. The second-order valence-corrected chi connectivity index (χ2v) is 8.95. The minimum absolute atomic E-state index is 0.00575. The molecule has 0 heterocycles. The number of anilines is 1. The Balaban J connectivity index is 1.74. The van der Waals surface area contributed by atoms with Crippen molar-refractivity contribution in [3.8, 4) is 0 Å². The van der Waals surface area contributed by atoms with Crippen molar-refractivity contribution in [2.24, 2.45) is 11.0 Å². The van der Waals surface area contributed by atoms with Gasteiger partial charge in [0.1, 0.15) is 0 Å². The van der Waals surface area contributed by atoms with Crippen LogP contribution < -0.4 is 10.1 Å². The predicted octanol–water partition coefficient (Wildman–Crippen LogP) is 4.44. The van der Waals surface area contributed by atoms with E-state index < -0.39 is 15.9 Å². The van der Waals surface area contributed by atoms with E-state index in [2.05, 4.69) is 22.2 Å². The lowest BCUT2D eigenvalue weighted by Crippen LogP contribution is -2.24. The first-order valence-corrected chi connectivity index (χ1v) is 11.0. The Bertz CT molecular complexity index is 988. The van der Waals surface area contributed by atoms with Gasteiger partial charge in [-0.05, 0) is 67.6 Å². The van der Waals surface area contributed by atoms with E-state index in [9.17, 15) is 13.2 Å². The third-order valence-corrected chi connectivity index (χ3v) is 6.32. The summed E-state index contributed by atoms with van der Waals surface area (Å²) in [6, 6.07) is 12.2. The monoisotopic (exact) mass is 419 g/mol. The number of nitrogens with zero attached hydrogens (tertiary/aromatic N) is 1. The van der Waals surface area contributed by atoms with Crippen LogP contribution in [-0.2, 0) is 10.0 Å². The lowest BCUT2D eigenvalue weighted by Gasteiger charge is -2.19. The van der Waals surface area contributed by atoms with E-state index in [1.807, 2.05) is 0 Å². The van der Waals surface area contributed by atoms with Gasteiger partial charge in [0, 0.05) is 22.0 Å². The maximum atomic E-state index is 12.6. The summed E-state index contributed by atoms with van der Waals surface area (Å²) in [5, 5.41) is 4.76. The molecule has 1 amide bonds. The fourth-order valence-electron chi connectivity index (χ4n) is 3.06. The number of hydrogen-bond acceptors (Lipinski definition) is 4. The van der Waals surface area contributed by atoms with Gasteiger partial charge >= 0.3 is 0 Å². The number of hydrogen-bond donors (Lipinski definition) is 2. The first kappa shape index (κ1) is 20.4. The van der Waals surface area contributed by atoms with Gasteiger partial charge in [0.05, 0.1) is 4.90 Å². The zero-order valence-corrected chi connectivity index (χ0v) is 17.1. The molecule has 0 radical (unpaired) electrons. The lowest BCUT2D eigenvalue weighted by molar-refractivity contribution is 0.0954. The van der Waals surface area contributed by atoms with Crippen LogP contribution in [0.1, 0.15) is 43.0 Å². The minimum atomic E-state index is -3.84. The first-order chi connectivity index (χ1) is 13.3. The first-order valence-electron chi connectivity index (χ1n) is 9.10. The van der Waals surface area contributed by atoms with Crippen LogP contribution in [0.3, 0.4) is 0 Å². The van der Waals surface area contributed by atoms with Crippen LogP contribution in [0.15, 0.2) is 58.5 Å². The Morgan fingerprint density at radius 3 is 2.61 bits per heavy atom. The van der Waals surface area contributed by atoms with Gasteiger partial charge in [-0.25, -0.2) is 13.8 Å². The Morgan fingerprint density at radius 2 is 1.89 bits per heavy atom. The van der Waals surface area contributed by atoms with E-state index in [-0.39, 0.29) is 10.5 Å². The van der Waals surface area contributed by atoms with E-state index in [1.165, 1.54) is 24.6 Å². The molecule has 6 nitrogen and oxygen atoms in total. The molecule has 1 atom stereocenters. The molecule has 8 heteroatoms. The van der Waals surface area contributed by atoms with Crippen LogP contribution in [0.25, 0.3) is 0 Å². The molecule has 0 bridgehead atoms. The number of rotatable bonds is 5. The Kier molecular flexibility index (Phi) is 6.36. The van der Waals surface area contributed by atoms with Gasteiger partial charge in [-0.2, -0.15) is 5.10 Å². The van der Waals surface area contributed by atoms with Crippen molar-refractivity contribution in [1.29, 1.82) is 0 Å². The summed E-state index contributed by atoms with van der Waals surface area (Å²) in [4.78, 5) is 12.4. The Labute approximate surface area is 170 Å². The molecule has 148 valence electrons. The summed E-state index contributed by atoms with van der Waals surface area (Å²) in [5.41, 5.74) is 4.15. The number of hydrazone groups is 1. The van der Waals surface area contributed by atoms with E-state index in [4.69, 9.17) is 11.6 Å². The molecule has 0 aliphatic heterocycles. The van der Waals surface area contributed by atoms with Crippen LogP contribution in [-0.4, -0.2) is 20.0 Å². The largest absolute Gasteiger partial charge is 0.280 e. The van der Waals surface area contributed by atoms with Crippen molar-refractivity contribution < 1.29 is 13.2 Å². The van der Waals surface area contributed by atoms with Crippen molar-refractivity contribution in [3.05, 3.63) is 59.1 Å². The Hall–Kier alpha value is -2.38. The highest BCUT2D eigenvalue weighted by atomic mass is 35.5. The van der Waals surface area contributed by atoms with Gasteiger partial charge in [0.15, 0.2) is 0 Å². The molecule has 2 aromatic rings. The van der Waals surface area contributed by atoms with E-state index >= 15 is 0 Å². The molecule has 0 unspecified atom stereocenters. The zero-order chi connectivity index (χ0) is 20.1. The molecule has 3 rings (SSSR count). The SMILES string of the molecule is C[C@@H]1CCCC/C1=N/NC(=O)c1cccc(S(=O)(=O)Nc2ccc(Cl)cc2)c1. The van der Waals surface area contributed by atoms with E-state index in [1.54, 1.807) is 30.3 Å². The lowest BCUT2D eigenvalue weighted by atomic mass is 9.89. The average molecular weight is 420 g/mol. The average Bonchev–Trinajstić information content (AvgIpc) is 2.69. The summed E-state index contributed by atoms with van der Waals surface area (Å²) in [7, 11) is -3.84. The fourth-order valence-corrected chi connectivity index (χ4v) is 4.29. The third kappa shape index (κ3) is 5.11. The minimum Gasteiger partial charge on any atom is -0.280 e. The second kappa shape index (κ2) is 8.75. The van der Waals surface area contributed by atoms with Gasteiger partial charge in [0.2, 0.25) is 0 Å². The molecule has 1 aliphatic carbocycles. The molecular formula is C20H22ClN3O3S. The molecule has 28 heavy (non-hydrogen) atoms. The number of halogens is 1. The van der Waals surface area contributed by atoms with Crippen LogP contribution in [0.2, 0.25) is 5.02 Å². The predicted molar refractivity (Wildman–Crippen MR) is 111 cm³/mol. The molecule has 0 spiro atoms. The van der Waals surface area contributed by atoms with Crippen LogP contribution in [0, 0.1) is 5.92 Å². The van der Waals surface area contributed by atoms with E-state index in [0.29, 0.717) is 16.6 Å². The number of sulfonamides is 1. The van der Waals surface area contributed by atoms with Gasteiger partial charge in [-0.3, -0.25) is 9.52 Å². The summed E-state index contributed by atoms with van der Waals surface area (Å²) < 4.78 is 27.7. The molecule has 1 aliphatic rings. The van der Waals surface area contributed by atoms with Crippen LogP contribution in [0.4, 0.5) is 5.69 Å². The molecule has 2 aromatic carbocycles. The highest BCUT2D eigenvalue weighted by molar-refractivity contribution is 7.92. The van der Waals surface area contributed by atoms with Crippen molar-refractivity contribution in [1.82, 2.24) is 5.43 Å². The summed E-state index contributed by atoms with van der Waals surface area (Å²) in [6.07, 6.45) is 4.19. The van der Waals surface area contributed by atoms with Crippen LogP contribution in [0.5, 0.6) is 0 Å². The second-order valence-electron chi connectivity index (χ2n) is 6.83. The summed E-state index contributed by atoms with van der Waals surface area (Å²) in [5.74, 6) is -0.0850. The smallest absolute Gasteiger partial charge is 0.271 e. The Morgan fingerprint density at radius 1 is 1.14 bits per heavy atom. The molecule has 0 saturated heterocycles. The third-order valence-electron chi connectivity index (χ3n) is 4.69. The molecular weight excluding hydrogens is 398 g/mol. The molecule has 1 saturated carbocycles. The van der Waals surface area contributed by atoms with Gasteiger partial charge < -0.3 is 0 Å². The standard InChI is InChI=1S/C20H22ClN3O3S/c1-14-5-2-3-8-19(14)22-23-20(25)15-6-4-7-18(13-15)28(26,27)24-17-11-9-16(21)10-12-17/h4,6-7,9-14,24H,2-3,5,8H2,1H3,(H,23,25)/b22-19-/t14-/m1/s1. The topological polar surface area (TPSA) is 87.6 Å². The van der Waals surface area contributed by atoms with Gasteiger partial charge in [-0.15, -0.1) is 0 Å². The van der Waals surface area contributed by atoms with Gasteiger partial charge in [0.25, 0.3) is 15.9 Å². The maximum Gasteiger partial charge on any atom is 0.271 e. The number of amides is 1. The highest BCUT2D eigenvalue weighted by Gasteiger charge is 2.18. The van der Waals surface area contributed by atoms with Crippen molar-refractivity contribution in [2.45, 2.75) is 37.5 Å². The highest BCUT2D eigenvalue weighted by Crippen LogP contribution is 2.21. The number of carbonyl (C=O) groups excluding carboxylic acids is 1. The molecule has 0 aromatic heterocycles. The van der Waals surface area contributed by atoms with Crippen molar-refractivity contribution >= 4 is 38.9 Å². The summed E-state index contributed by atoms with van der Waals surface area (Å²) >= 11 is 5.82. The summed E-state index contributed by atoms with van der Waals surface area (Å²) in [6.45, 7) is 2.10. The van der Waals surface area contributed by atoms with Gasteiger partial charge in [-0.1, -0.05) is 31.0 Å². The van der Waals surface area contributed by atoms with E-state index in [0.717, 1.165) is 25.0 Å². The van der Waals surface area contributed by atoms with Crippen molar-refractivity contribution in [3.63, 3.8) is 0 Å². The number of benzene rings is 2. The molecule has 1 fully saturated rings. The zero-order valence-electron chi connectivity index (χ0n) is 15.5. The normalized spacial score (nSPS) is 18.6. The number of nitrogens with one attached hydrogen (secondary N) is 2. The maximum absolute atomic E-state index is 12.6. The number of carbonyl (C=O) groups is 1. The van der Waals surface area contributed by atoms with Crippen LogP contribution >= 0.6 is 11.6 Å².